The fourth-order valence-electron chi connectivity index (χ4n) is 2.52. The third-order valence-electron chi connectivity index (χ3n) is 3.57. The molecule has 4 heteroatoms. The second kappa shape index (κ2) is 7.43. The fraction of sp³-hybridized carbons (Fsp3) is 0.733. The summed E-state index contributed by atoms with van der Waals surface area (Å²) in [6.07, 6.45) is 12.0. The average molecular weight is 262 g/mol. The van der Waals surface area contributed by atoms with Crippen LogP contribution in [0.5, 0.6) is 0 Å². The van der Waals surface area contributed by atoms with Crippen LogP contribution in [-0.4, -0.2) is 22.1 Å². The number of hydrogen-bond acceptors (Lipinski definition) is 4. The molecule has 0 atom stereocenters. The van der Waals surface area contributed by atoms with Crippen molar-refractivity contribution in [3.05, 3.63) is 18.0 Å². The highest BCUT2D eigenvalue weighted by molar-refractivity contribution is 5.25. The van der Waals surface area contributed by atoms with Crippen molar-refractivity contribution < 1.29 is 0 Å². The maximum atomic E-state index is 4.34. The monoisotopic (exact) mass is 262 g/mol. The van der Waals surface area contributed by atoms with Crippen LogP contribution in [0, 0.1) is 0 Å². The van der Waals surface area contributed by atoms with Gasteiger partial charge in [-0.25, -0.2) is 9.97 Å². The van der Waals surface area contributed by atoms with Crippen LogP contribution in [-0.2, 0) is 6.54 Å². The number of anilines is 1. The van der Waals surface area contributed by atoms with Gasteiger partial charge in [-0.15, -0.1) is 0 Å². The lowest BCUT2D eigenvalue weighted by Gasteiger charge is -2.16. The van der Waals surface area contributed by atoms with Gasteiger partial charge in [-0.05, 0) is 26.7 Å². The van der Waals surface area contributed by atoms with Gasteiger partial charge in [0.05, 0.1) is 0 Å². The van der Waals surface area contributed by atoms with Gasteiger partial charge in [0.25, 0.3) is 0 Å². The fourth-order valence-corrected chi connectivity index (χ4v) is 2.52. The van der Waals surface area contributed by atoms with Crippen LogP contribution < -0.4 is 10.6 Å². The summed E-state index contributed by atoms with van der Waals surface area (Å²) >= 11 is 0. The normalized spacial score (nSPS) is 17.4. The molecule has 0 unspecified atom stereocenters. The summed E-state index contributed by atoms with van der Waals surface area (Å²) in [5.74, 6) is 0.716. The van der Waals surface area contributed by atoms with Gasteiger partial charge in [0.2, 0.25) is 5.95 Å². The van der Waals surface area contributed by atoms with Gasteiger partial charge >= 0.3 is 0 Å². The van der Waals surface area contributed by atoms with Crippen LogP contribution >= 0.6 is 0 Å². The van der Waals surface area contributed by atoms with Gasteiger partial charge in [0.1, 0.15) is 0 Å². The SMILES string of the molecule is CC(C)Nc1ncc(CNC2CCCCCC2)cn1. The number of nitrogens with zero attached hydrogens (tertiary/aromatic N) is 2. The van der Waals surface area contributed by atoms with Gasteiger partial charge in [0.15, 0.2) is 0 Å². The van der Waals surface area contributed by atoms with Gasteiger partial charge in [0, 0.05) is 36.6 Å². The predicted molar refractivity (Wildman–Crippen MR) is 79.1 cm³/mol. The maximum Gasteiger partial charge on any atom is 0.222 e. The molecule has 0 bridgehead atoms. The van der Waals surface area contributed by atoms with Crippen molar-refractivity contribution in [3.8, 4) is 0 Å². The minimum atomic E-state index is 0.370. The highest BCUT2D eigenvalue weighted by Gasteiger charge is 2.11. The van der Waals surface area contributed by atoms with E-state index in [1.165, 1.54) is 44.1 Å². The number of rotatable bonds is 5. The summed E-state index contributed by atoms with van der Waals surface area (Å²) in [5.41, 5.74) is 1.17. The Hall–Kier alpha value is -1.16. The Morgan fingerprint density at radius 1 is 1.11 bits per heavy atom. The first-order valence-corrected chi connectivity index (χ1v) is 7.55. The quantitative estimate of drug-likeness (QED) is 0.801. The molecule has 2 rings (SSSR count). The predicted octanol–water partition coefficient (Wildman–Crippen LogP) is 3.11. The van der Waals surface area contributed by atoms with E-state index in [-0.39, 0.29) is 0 Å². The molecule has 0 spiro atoms. The highest BCUT2D eigenvalue weighted by Crippen LogP contribution is 2.17. The van der Waals surface area contributed by atoms with Crippen LogP contribution in [0.1, 0.15) is 57.9 Å². The molecule has 0 amide bonds. The minimum absolute atomic E-state index is 0.370. The van der Waals surface area contributed by atoms with Crippen molar-refractivity contribution in [2.75, 3.05) is 5.32 Å². The lowest BCUT2D eigenvalue weighted by atomic mass is 10.1. The Morgan fingerprint density at radius 2 is 1.74 bits per heavy atom. The minimum Gasteiger partial charge on any atom is -0.352 e. The Kier molecular flexibility index (Phi) is 5.58. The Labute approximate surface area is 116 Å². The molecular weight excluding hydrogens is 236 g/mol. The van der Waals surface area contributed by atoms with E-state index >= 15 is 0 Å². The zero-order chi connectivity index (χ0) is 13.5. The Morgan fingerprint density at radius 3 is 2.32 bits per heavy atom. The molecule has 1 aromatic rings. The van der Waals surface area contributed by atoms with Gasteiger partial charge < -0.3 is 10.6 Å². The van der Waals surface area contributed by atoms with E-state index < -0.39 is 0 Å². The molecule has 106 valence electrons. The first-order valence-electron chi connectivity index (χ1n) is 7.55. The zero-order valence-electron chi connectivity index (χ0n) is 12.2. The summed E-state index contributed by atoms with van der Waals surface area (Å²) in [4.78, 5) is 8.68. The van der Waals surface area contributed by atoms with E-state index in [9.17, 15) is 0 Å². The summed E-state index contributed by atoms with van der Waals surface area (Å²) in [5, 5.41) is 6.84. The van der Waals surface area contributed by atoms with Gasteiger partial charge in [-0.3, -0.25) is 0 Å². The molecule has 1 aromatic heterocycles. The third kappa shape index (κ3) is 5.15. The van der Waals surface area contributed by atoms with Gasteiger partial charge in [-0.1, -0.05) is 25.7 Å². The average Bonchev–Trinajstić information content (AvgIpc) is 2.66. The molecule has 1 saturated carbocycles. The summed E-state index contributed by atoms with van der Waals surface area (Å²) < 4.78 is 0. The van der Waals surface area contributed by atoms with Crippen molar-refractivity contribution in [1.29, 1.82) is 0 Å². The van der Waals surface area contributed by atoms with E-state index in [0.717, 1.165) is 6.54 Å². The van der Waals surface area contributed by atoms with Crippen molar-refractivity contribution in [1.82, 2.24) is 15.3 Å². The second-order valence-electron chi connectivity index (χ2n) is 5.78. The van der Waals surface area contributed by atoms with Crippen molar-refractivity contribution in [2.45, 2.75) is 71.0 Å². The van der Waals surface area contributed by atoms with Crippen LogP contribution in [0.4, 0.5) is 5.95 Å². The smallest absolute Gasteiger partial charge is 0.222 e. The van der Waals surface area contributed by atoms with E-state index in [0.29, 0.717) is 18.0 Å². The van der Waals surface area contributed by atoms with E-state index in [1.807, 2.05) is 12.4 Å². The van der Waals surface area contributed by atoms with Crippen LogP contribution in [0.2, 0.25) is 0 Å². The first-order chi connectivity index (χ1) is 9.24. The molecule has 1 aliphatic rings. The molecule has 0 aliphatic heterocycles. The number of nitrogens with one attached hydrogen (secondary N) is 2. The summed E-state index contributed by atoms with van der Waals surface area (Å²) in [6, 6.07) is 1.05. The highest BCUT2D eigenvalue weighted by atomic mass is 15.1. The van der Waals surface area contributed by atoms with E-state index in [2.05, 4.69) is 34.4 Å². The molecule has 1 aliphatic carbocycles. The maximum absolute atomic E-state index is 4.34. The van der Waals surface area contributed by atoms with Crippen LogP contribution in [0.3, 0.4) is 0 Å². The molecule has 0 radical (unpaired) electrons. The van der Waals surface area contributed by atoms with Crippen molar-refractivity contribution in [3.63, 3.8) is 0 Å². The molecule has 0 saturated heterocycles. The molecule has 1 heterocycles. The van der Waals surface area contributed by atoms with Gasteiger partial charge in [-0.2, -0.15) is 0 Å². The third-order valence-corrected chi connectivity index (χ3v) is 3.57. The first kappa shape index (κ1) is 14.3. The Balaban J connectivity index is 1.78. The molecule has 0 aromatic carbocycles. The number of aromatic nitrogens is 2. The topological polar surface area (TPSA) is 49.8 Å². The molecule has 2 N–H and O–H groups in total. The van der Waals surface area contributed by atoms with E-state index in [4.69, 9.17) is 0 Å². The van der Waals surface area contributed by atoms with Crippen molar-refractivity contribution in [2.24, 2.45) is 0 Å². The molecule has 19 heavy (non-hydrogen) atoms. The van der Waals surface area contributed by atoms with E-state index in [1.54, 1.807) is 0 Å². The largest absolute Gasteiger partial charge is 0.352 e. The second-order valence-corrected chi connectivity index (χ2v) is 5.78. The molecule has 4 nitrogen and oxygen atoms in total. The van der Waals surface area contributed by atoms with Crippen LogP contribution in [0.25, 0.3) is 0 Å². The van der Waals surface area contributed by atoms with Crippen LogP contribution in [0.15, 0.2) is 12.4 Å². The number of hydrogen-bond donors (Lipinski definition) is 2. The zero-order valence-corrected chi connectivity index (χ0v) is 12.2. The standard InChI is InChI=1S/C15H26N4/c1-12(2)19-15-17-10-13(11-18-15)9-16-14-7-5-3-4-6-8-14/h10-12,14,16H,3-9H2,1-2H3,(H,17,18,19). The Bertz CT molecular complexity index is 353. The summed E-state index contributed by atoms with van der Waals surface area (Å²) in [6.45, 7) is 5.06. The molecule has 1 fully saturated rings. The lowest BCUT2D eigenvalue weighted by Crippen LogP contribution is -2.28. The molecular formula is C15H26N4. The lowest BCUT2D eigenvalue weighted by molar-refractivity contribution is 0.458. The summed E-state index contributed by atoms with van der Waals surface area (Å²) in [7, 11) is 0. The van der Waals surface area contributed by atoms with Crippen molar-refractivity contribution >= 4 is 5.95 Å².